The minimum Gasteiger partial charge on any atom is -0.364 e. The number of rotatable bonds is 4. The highest BCUT2D eigenvalue weighted by atomic mass is 35.5. The Labute approximate surface area is 104 Å². The van der Waals surface area contributed by atoms with E-state index in [4.69, 9.17) is 11.6 Å². The molecule has 0 atom stereocenters. The molecular weight excluding hydrogens is 238 g/mol. The van der Waals surface area contributed by atoms with Gasteiger partial charge in [-0.25, -0.2) is 19.9 Å². The van der Waals surface area contributed by atoms with E-state index in [2.05, 4.69) is 25.3 Å². The number of hydrogen-bond acceptors (Lipinski definition) is 5. The Morgan fingerprint density at radius 1 is 1.35 bits per heavy atom. The van der Waals surface area contributed by atoms with E-state index < -0.39 is 0 Å². The molecule has 0 aliphatic heterocycles. The predicted octanol–water partition coefficient (Wildman–Crippen LogP) is 2.09. The molecule has 1 N–H and O–H groups in total. The van der Waals surface area contributed by atoms with Gasteiger partial charge in [0.25, 0.3) is 0 Å². The molecule has 0 saturated heterocycles. The van der Waals surface area contributed by atoms with Crippen molar-refractivity contribution in [3.8, 4) is 0 Å². The van der Waals surface area contributed by atoms with Gasteiger partial charge in [-0.1, -0.05) is 18.5 Å². The van der Waals surface area contributed by atoms with Gasteiger partial charge in [-0.05, 0) is 6.07 Å². The largest absolute Gasteiger partial charge is 0.364 e. The van der Waals surface area contributed by atoms with E-state index in [1.165, 1.54) is 6.33 Å². The first-order chi connectivity index (χ1) is 8.28. The Morgan fingerprint density at radius 3 is 2.94 bits per heavy atom. The summed E-state index contributed by atoms with van der Waals surface area (Å²) in [5.74, 6) is 1.43. The third-order valence-corrected chi connectivity index (χ3v) is 2.34. The molecular formula is C11H12ClN5. The second kappa shape index (κ2) is 5.54. The van der Waals surface area contributed by atoms with Gasteiger partial charge in [0.05, 0.1) is 12.2 Å². The van der Waals surface area contributed by atoms with Crippen molar-refractivity contribution in [3.05, 3.63) is 41.3 Å². The van der Waals surface area contributed by atoms with Crippen molar-refractivity contribution in [3.63, 3.8) is 0 Å². The fourth-order valence-electron chi connectivity index (χ4n) is 1.32. The molecule has 0 aromatic carbocycles. The zero-order chi connectivity index (χ0) is 12.1. The summed E-state index contributed by atoms with van der Waals surface area (Å²) in [6, 6.07) is 3.54. The van der Waals surface area contributed by atoms with Gasteiger partial charge in [-0.2, -0.15) is 0 Å². The second-order valence-corrected chi connectivity index (χ2v) is 3.79. The number of halogens is 1. The molecule has 2 heterocycles. The third kappa shape index (κ3) is 3.35. The summed E-state index contributed by atoms with van der Waals surface area (Å²) in [7, 11) is 0. The Hall–Kier alpha value is -1.75. The lowest BCUT2D eigenvalue weighted by Gasteiger charge is -2.06. The molecule has 2 aromatic heterocycles. The van der Waals surface area contributed by atoms with E-state index in [1.54, 1.807) is 12.3 Å². The molecule has 6 heteroatoms. The lowest BCUT2D eigenvalue weighted by molar-refractivity contribution is 0.925. The van der Waals surface area contributed by atoms with Crippen LogP contribution in [-0.4, -0.2) is 19.9 Å². The first-order valence-electron chi connectivity index (χ1n) is 5.30. The summed E-state index contributed by atoms with van der Waals surface area (Å²) in [6.45, 7) is 2.57. The summed E-state index contributed by atoms with van der Waals surface area (Å²) in [5, 5.41) is 3.60. The van der Waals surface area contributed by atoms with Crippen molar-refractivity contribution in [2.24, 2.45) is 0 Å². The predicted molar refractivity (Wildman–Crippen MR) is 65.8 cm³/mol. The van der Waals surface area contributed by atoms with Crippen LogP contribution >= 0.6 is 11.6 Å². The van der Waals surface area contributed by atoms with Gasteiger partial charge in [-0.3, -0.25) is 0 Å². The van der Waals surface area contributed by atoms with E-state index in [0.29, 0.717) is 17.5 Å². The first kappa shape index (κ1) is 11.7. The van der Waals surface area contributed by atoms with E-state index >= 15 is 0 Å². The van der Waals surface area contributed by atoms with Gasteiger partial charge in [0.15, 0.2) is 0 Å². The number of anilines is 1. The number of aryl methyl sites for hydroxylation is 1. The minimum atomic E-state index is 0.446. The van der Waals surface area contributed by atoms with Crippen LogP contribution in [0, 0.1) is 0 Å². The summed E-state index contributed by atoms with van der Waals surface area (Å²) in [6.07, 6.45) is 3.97. The molecule has 0 spiro atoms. The summed E-state index contributed by atoms with van der Waals surface area (Å²) >= 11 is 5.89. The Balaban J connectivity index is 2.06. The van der Waals surface area contributed by atoms with Crippen LogP contribution in [0.25, 0.3) is 0 Å². The molecule has 5 nitrogen and oxygen atoms in total. The monoisotopic (exact) mass is 249 g/mol. The second-order valence-electron chi connectivity index (χ2n) is 3.40. The quantitative estimate of drug-likeness (QED) is 0.841. The highest BCUT2D eigenvalue weighted by Gasteiger charge is 2.01. The van der Waals surface area contributed by atoms with E-state index in [-0.39, 0.29) is 0 Å². The first-order valence-corrected chi connectivity index (χ1v) is 5.68. The maximum atomic E-state index is 5.89. The van der Waals surface area contributed by atoms with Gasteiger partial charge in [0.1, 0.15) is 23.1 Å². The summed E-state index contributed by atoms with van der Waals surface area (Å²) < 4.78 is 0. The smallest absolute Gasteiger partial charge is 0.134 e. The molecule has 0 amide bonds. The van der Waals surface area contributed by atoms with Crippen molar-refractivity contribution < 1.29 is 0 Å². The maximum Gasteiger partial charge on any atom is 0.134 e. The van der Waals surface area contributed by atoms with Gasteiger partial charge >= 0.3 is 0 Å². The standard InChI is InChI=1S/C11H12ClN5/c1-2-10-16-9(12)5-11(17-10)14-6-8-3-4-13-7-15-8/h3-5,7H,2,6H2,1H3,(H,14,16,17). The SMILES string of the molecule is CCc1nc(Cl)cc(NCc2ccncn2)n1. The Bertz CT molecular complexity index is 488. The number of aromatic nitrogens is 4. The topological polar surface area (TPSA) is 63.6 Å². The molecule has 0 fully saturated rings. The molecule has 0 bridgehead atoms. The van der Waals surface area contributed by atoms with E-state index in [0.717, 1.165) is 17.9 Å². The zero-order valence-corrected chi connectivity index (χ0v) is 10.1. The third-order valence-electron chi connectivity index (χ3n) is 2.15. The molecule has 17 heavy (non-hydrogen) atoms. The molecule has 0 aliphatic rings. The van der Waals surface area contributed by atoms with Crippen molar-refractivity contribution in [2.75, 3.05) is 5.32 Å². The van der Waals surface area contributed by atoms with Crippen molar-refractivity contribution in [1.29, 1.82) is 0 Å². The molecule has 2 rings (SSSR count). The molecule has 0 aliphatic carbocycles. The average Bonchev–Trinajstić information content (AvgIpc) is 2.37. The van der Waals surface area contributed by atoms with Gasteiger partial charge in [0, 0.05) is 18.7 Å². The van der Waals surface area contributed by atoms with Crippen LogP contribution in [0.15, 0.2) is 24.7 Å². The van der Waals surface area contributed by atoms with Crippen LogP contribution in [-0.2, 0) is 13.0 Å². The number of hydrogen-bond donors (Lipinski definition) is 1. The van der Waals surface area contributed by atoms with E-state index in [9.17, 15) is 0 Å². The van der Waals surface area contributed by atoms with Crippen LogP contribution in [0.1, 0.15) is 18.4 Å². The summed E-state index contributed by atoms with van der Waals surface area (Å²) in [4.78, 5) is 16.4. The van der Waals surface area contributed by atoms with Gasteiger partial charge < -0.3 is 5.32 Å². The van der Waals surface area contributed by atoms with Crippen molar-refractivity contribution in [2.45, 2.75) is 19.9 Å². The van der Waals surface area contributed by atoms with Crippen LogP contribution in [0.5, 0.6) is 0 Å². The molecule has 0 radical (unpaired) electrons. The molecule has 0 unspecified atom stereocenters. The highest BCUT2D eigenvalue weighted by Crippen LogP contribution is 2.12. The molecule has 0 saturated carbocycles. The Morgan fingerprint density at radius 2 is 2.24 bits per heavy atom. The zero-order valence-electron chi connectivity index (χ0n) is 9.39. The average molecular weight is 250 g/mol. The van der Waals surface area contributed by atoms with E-state index in [1.807, 2.05) is 13.0 Å². The fourth-order valence-corrected chi connectivity index (χ4v) is 1.52. The van der Waals surface area contributed by atoms with Crippen LogP contribution in [0.2, 0.25) is 5.15 Å². The molecule has 2 aromatic rings. The van der Waals surface area contributed by atoms with Crippen molar-refractivity contribution >= 4 is 17.4 Å². The number of nitrogens with zero attached hydrogens (tertiary/aromatic N) is 4. The van der Waals surface area contributed by atoms with Crippen LogP contribution in [0.4, 0.5) is 5.82 Å². The van der Waals surface area contributed by atoms with Crippen molar-refractivity contribution in [1.82, 2.24) is 19.9 Å². The number of nitrogens with one attached hydrogen (secondary N) is 1. The maximum absolute atomic E-state index is 5.89. The summed E-state index contributed by atoms with van der Waals surface area (Å²) in [5.41, 5.74) is 0.896. The normalized spacial score (nSPS) is 10.2. The lowest BCUT2D eigenvalue weighted by Crippen LogP contribution is -2.05. The van der Waals surface area contributed by atoms with Crippen LogP contribution < -0.4 is 5.32 Å². The molecule has 88 valence electrons. The highest BCUT2D eigenvalue weighted by molar-refractivity contribution is 6.29. The minimum absolute atomic E-state index is 0.446. The fraction of sp³-hybridized carbons (Fsp3) is 0.273. The van der Waals surface area contributed by atoms with Gasteiger partial charge in [0.2, 0.25) is 0 Å². The lowest BCUT2D eigenvalue weighted by atomic mass is 10.4. The van der Waals surface area contributed by atoms with Gasteiger partial charge in [-0.15, -0.1) is 0 Å². The van der Waals surface area contributed by atoms with Crippen LogP contribution in [0.3, 0.4) is 0 Å². The Kier molecular flexibility index (Phi) is 3.82.